The van der Waals surface area contributed by atoms with Gasteiger partial charge >= 0.3 is 0 Å². The number of rotatable bonds is 4. The molecule has 0 radical (unpaired) electrons. The highest BCUT2D eigenvalue weighted by atomic mass is 32.2. The summed E-state index contributed by atoms with van der Waals surface area (Å²) in [4.78, 5) is 14.7. The van der Waals surface area contributed by atoms with Gasteiger partial charge in [-0.25, -0.2) is 8.42 Å². The molecule has 1 aromatic carbocycles. The van der Waals surface area contributed by atoms with Crippen LogP contribution >= 0.6 is 11.3 Å². The van der Waals surface area contributed by atoms with Gasteiger partial charge in [0.15, 0.2) is 0 Å². The van der Waals surface area contributed by atoms with Gasteiger partial charge in [-0.2, -0.15) is 4.31 Å². The van der Waals surface area contributed by atoms with E-state index in [4.69, 9.17) is 0 Å². The number of amides is 1. The van der Waals surface area contributed by atoms with Crippen molar-refractivity contribution in [2.75, 3.05) is 18.4 Å². The van der Waals surface area contributed by atoms with Crippen molar-refractivity contribution in [3.8, 4) is 0 Å². The predicted octanol–water partition coefficient (Wildman–Crippen LogP) is 4.18. The molecular formula is C19H24N2O3S2. The van der Waals surface area contributed by atoms with Crippen LogP contribution in [0, 0.1) is 13.8 Å². The quantitative estimate of drug-likeness (QED) is 0.849. The molecule has 0 unspecified atom stereocenters. The number of carbonyl (C=O) groups is 1. The maximum Gasteiger partial charge on any atom is 0.256 e. The zero-order valence-electron chi connectivity index (χ0n) is 15.1. The monoisotopic (exact) mass is 392 g/mol. The molecule has 5 nitrogen and oxygen atoms in total. The Morgan fingerprint density at radius 2 is 1.65 bits per heavy atom. The fourth-order valence-corrected chi connectivity index (χ4v) is 5.63. The van der Waals surface area contributed by atoms with E-state index < -0.39 is 10.0 Å². The molecule has 0 spiro atoms. The van der Waals surface area contributed by atoms with Crippen molar-refractivity contribution < 1.29 is 13.2 Å². The summed E-state index contributed by atoms with van der Waals surface area (Å²) in [7, 11) is -3.46. The zero-order chi connectivity index (χ0) is 18.7. The van der Waals surface area contributed by atoms with Crippen LogP contribution in [0.2, 0.25) is 0 Å². The Morgan fingerprint density at radius 3 is 2.19 bits per heavy atom. The molecule has 2 aromatic rings. The number of carbonyl (C=O) groups excluding carboxylic acids is 1. The van der Waals surface area contributed by atoms with Gasteiger partial charge in [-0.3, -0.25) is 4.79 Å². The largest absolute Gasteiger partial charge is 0.322 e. The molecule has 0 saturated carbocycles. The highest BCUT2D eigenvalue weighted by Crippen LogP contribution is 2.24. The van der Waals surface area contributed by atoms with Crippen LogP contribution in [0.1, 0.15) is 45.8 Å². The summed E-state index contributed by atoms with van der Waals surface area (Å²) >= 11 is 1.59. The number of hydrogen-bond acceptors (Lipinski definition) is 4. The van der Waals surface area contributed by atoms with Crippen LogP contribution < -0.4 is 5.32 Å². The van der Waals surface area contributed by atoms with Gasteiger partial charge in [0.05, 0.1) is 10.5 Å². The van der Waals surface area contributed by atoms with E-state index >= 15 is 0 Å². The summed E-state index contributed by atoms with van der Waals surface area (Å²) in [6.07, 6.45) is 3.98. The van der Waals surface area contributed by atoms with E-state index in [1.807, 2.05) is 19.9 Å². The molecule has 2 heterocycles. The Balaban J connectivity index is 1.73. The minimum Gasteiger partial charge on any atom is -0.322 e. The first-order chi connectivity index (χ1) is 12.4. The number of anilines is 1. The van der Waals surface area contributed by atoms with Gasteiger partial charge in [0.25, 0.3) is 5.91 Å². The lowest BCUT2D eigenvalue weighted by Gasteiger charge is -2.20. The summed E-state index contributed by atoms with van der Waals surface area (Å²) in [5, 5.41) is 2.84. The average molecular weight is 393 g/mol. The lowest BCUT2D eigenvalue weighted by molar-refractivity contribution is 0.102. The van der Waals surface area contributed by atoms with Crippen molar-refractivity contribution in [2.24, 2.45) is 0 Å². The maximum atomic E-state index is 12.8. The number of aryl methyl sites for hydroxylation is 2. The molecule has 1 aliphatic heterocycles. The van der Waals surface area contributed by atoms with Crippen molar-refractivity contribution >= 4 is 33.0 Å². The predicted molar refractivity (Wildman–Crippen MR) is 105 cm³/mol. The van der Waals surface area contributed by atoms with Crippen molar-refractivity contribution in [1.82, 2.24) is 4.31 Å². The molecule has 3 rings (SSSR count). The normalized spacial score (nSPS) is 16.2. The van der Waals surface area contributed by atoms with Crippen LogP contribution in [0.15, 0.2) is 35.2 Å². The maximum absolute atomic E-state index is 12.8. The highest BCUT2D eigenvalue weighted by Gasteiger charge is 2.25. The fraction of sp³-hybridized carbons (Fsp3) is 0.421. The minimum absolute atomic E-state index is 0.171. The molecule has 26 heavy (non-hydrogen) atoms. The highest BCUT2D eigenvalue weighted by molar-refractivity contribution is 7.89. The summed E-state index contributed by atoms with van der Waals surface area (Å²) in [6, 6.07) is 8.31. The molecule has 1 amide bonds. The number of thiophene rings is 1. The molecule has 140 valence electrons. The van der Waals surface area contributed by atoms with Gasteiger partial charge in [0.1, 0.15) is 0 Å². The first kappa shape index (κ1) is 19.1. The van der Waals surface area contributed by atoms with Crippen LogP contribution in [0.4, 0.5) is 5.69 Å². The van der Waals surface area contributed by atoms with E-state index in [1.54, 1.807) is 39.9 Å². The van der Waals surface area contributed by atoms with Crippen LogP contribution in [-0.2, 0) is 10.0 Å². The molecule has 1 aromatic heterocycles. The van der Waals surface area contributed by atoms with Crippen LogP contribution in [0.3, 0.4) is 0 Å². The Bertz CT molecular complexity index is 878. The molecule has 7 heteroatoms. The summed E-state index contributed by atoms with van der Waals surface area (Å²) in [5.41, 5.74) is 1.25. The van der Waals surface area contributed by atoms with E-state index in [0.29, 0.717) is 24.3 Å². The Hall–Kier alpha value is -1.70. The second kappa shape index (κ2) is 7.90. The van der Waals surface area contributed by atoms with Gasteiger partial charge in [0, 0.05) is 28.5 Å². The lowest BCUT2D eigenvalue weighted by atomic mass is 10.2. The smallest absolute Gasteiger partial charge is 0.256 e. The van der Waals surface area contributed by atoms with Gasteiger partial charge < -0.3 is 5.32 Å². The van der Waals surface area contributed by atoms with Crippen LogP contribution in [0.25, 0.3) is 0 Å². The molecule has 0 atom stereocenters. The second-order valence-corrected chi connectivity index (χ2v) is 10.0. The second-order valence-electron chi connectivity index (χ2n) is 6.62. The molecule has 1 fully saturated rings. The topological polar surface area (TPSA) is 66.5 Å². The number of benzene rings is 1. The first-order valence-electron chi connectivity index (χ1n) is 8.86. The van der Waals surface area contributed by atoms with Crippen LogP contribution in [0.5, 0.6) is 0 Å². The Labute approximate surface area is 159 Å². The standard InChI is InChI=1S/C19H24N2O3S2/c1-14-13-18(15(2)25-14)19(22)20-16-7-9-17(10-8-16)26(23,24)21-11-5-3-4-6-12-21/h7-10,13H,3-6,11-12H2,1-2H3,(H,20,22). The molecular weight excluding hydrogens is 368 g/mol. The van der Waals surface area contributed by atoms with Crippen LogP contribution in [-0.4, -0.2) is 31.7 Å². The summed E-state index contributed by atoms with van der Waals surface area (Å²) in [6.45, 7) is 5.05. The molecule has 0 bridgehead atoms. The summed E-state index contributed by atoms with van der Waals surface area (Å²) in [5.74, 6) is -0.171. The SMILES string of the molecule is Cc1cc(C(=O)Nc2ccc(S(=O)(=O)N3CCCCCC3)cc2)c(C)s1. The van der Waals surface area contributed by atoms with E-state index in [2.05, 4.69) is 5.32 Å². The van der Waals surface area contributed by atoms with E-state index in [-0.39, 0.29) is 10.8 Å². The van der Waals surface area contributed by atoms with Gasteiger partial charge in [-0.15, -0.1) is 11.3 Å². The first-order valence-corrected chi connectivity index (χ1v) is 11.1. The third kappa shape index (κ3) is 4.16. The van der Waals surface area contributed by atoms with Gasteiger partial charge in [-0.05, 0) is 57.0 Å². The molecule has 1 saturated heterocycles. The minimum atomic E-state index is -3.46. The van der Waals surface area contributed by atoms with Gasteiger partial charge in [0.2, 0.25) is 10.0 Å². The van der Waals surface area contributed by atoms with Crippen molar-refractivity contribution in [1.29, 1.82) is 0 Å². The molecule has 1 aliphatic rings. The lowest BCUT2D eigenvalue weighted by Crippen LogP contribution is -2.31. The van der Waals surface area contributed by atoms with Crippen molar-refractivity contribution in [2.45, 2.75) is 44.4 Å². The number of nitrogens with zero attached hydrogens (tertiary/aromatic N) is 1. The average Bonchev–Trinajstić information content (AvgIpc) is 2.80. The third-order valence-corrected chi connectivity index (χ3v) is 7.48. The van der Waals surface area contributed by atoms with E-state index in [9.17, 15) is 13.2 Å². The number of nitrogens with one attached hydrogen (secondary N) is 1. The summed E-state index contributed by atoms with van der Waals surface area (Å²) < 4.78 is 27.1. The Morgan fingerprint density at radius 1 is 1.04 bits per heavy atom. The number of hydrogen-bond donors (Lipinski definition) is 1. The number of sulfonamides is 1. The van der Waals surface area contributed by atoms with Crippen molar-refractivity contribution in [3.05, 3.63) is 45.6 Å². The third-order valence-electron chi connectivity index (χ3n) is 4.60. The molecule has 1 N–H and O–H groups in total. The Kier molecular flexibility index (Phi) is 5.79. The van der Waals surface area contributed by atoms with E-state index in [0.717, 1.165) is 35.4 Å². The zero-order valence-corrected chi connectivity index (χ0v) is 16.8. The molecule has 0 aliphatic carbocycles. The van der Waals surface area contributed by atoms with Crippen molar-refractivity contribution in [3.63, 3.8) is 0 Å². The fourth-order valence-electron chi connectivity index (χ4n) is 3.20. The van der Waals surface area contributed by atoms with Gasteiger partial charge in [-0.1, -0.05) is 12.8 Å². The van der Waals surface area contributed by atoms with E-state index in [1.165, 1.54) is 0 Å².